The molecule has 0 spiro atoms. The number of alkyl carbamates (subject to hydrolysis) is 1. The number of likely N-dealkylation sites (tertiary alicyclic amines) is 1. The maximum atomic E-state index is 14.3. The fraction of sp³-hybridized carbons (Fsp3) is 0.500. The Balaban J connectivity index is 1.49. The average Bonchev–Trinajstić information content (AvgIpc) is 3.64. The number of carbonyl (C=O) groups excluding carboxylic acids is 4. The zero-order valence-corrected chi connectivity index (χ0v) is 30.1. The topological polar surface area (TPSA) is 145 Å². The maximum absolute atomic E-state index is 14.3. The van der Waals surface area contributed by atoms with Crippen LogP contribution < -0.4 is 20.1 Å². The number of fused-ring (bicyclic) bond motifs is 1. The Labute approximate surface area is 293 Å². The molecule has 3 amide bonds. The third-order valence-corrected chi connectivity index (χ3v) is 9.29. The van der Waals surface area contributed by atoms with Crippen LogP contribution in [0.1, 0.15) is 60.8 Å². The lowest BCUT2D eigenvalue weighted by atomic mass is 10.0. The van der Waals surface area contributed by atoms with Gasteiger partial charge in [-0.15, -0.1) is 0 Å². The van der Waals surface area contributed by atoms with Crippen LogP contribution in [0, 0.1) is 11.8 Å². The minimum absolute atomic E-state index is 0.0548. The van der Waals surface area contributed by atoms with Crippen LogP contribution in [-0.2, 0) is 23.9 Å². The Morgan fingerprint density at radius 1 is 1.04 bits per heavy atom. The first-order valence-corrected chi connectivity index (χ1v) is 17.1. The molecule has 0 radical (unpaired) electrons. The highest BCUT2D eigenvalue weighted by Gasteiger charge is 2.62. The van der Waals surface area contributed by atoms with Crippen LogP contribution in [-0.4, -0.2) is 83.9 Å². The average molecular weight is 689 g/mol. The van der Waals surface area contributed by atoms with E-state index in [1.807, 2.05) is 75.4 Å². The van der Waals surface area contributed by atoms with E-state index in [1.165, 1.54) is 12.0 Å². The summed E-state index contributed by atoms with van der Waals surface area (Å²) < 4.78 is 22.7. The summed E-state index contributed by atoms with van der Waals surface area (Å²) in [6.07, 6.45) is -0.0863. The smallest absolute Gasteiger partial charge is 0.408 e. The normalized spacial score (nSPS) is 22.1. The molecule has 1 aliphatic heterocycles. The number of pyridine rings is 1. The minimum Gasteiger partial charge on any atom is -0.497 e. The van der Waals surface area contributed by atoms with Crippen molar-refractivity contribution in [2.45, 2.75) is 90.1 Å². The molecule has 2 fully saturated rings. The number of nitrogens with one attached hydrogen (secondary N) is 2. The Morgan fingerprint density at radius 2 is 1.76 bits per heavy atom. The van der Waals surface area contributed by atoms with Crippen LogP contribution in [0.4, 0.5) is 4.79 Å². The van der Waals surface area contributed by atoms with Crippen LogP contribution in [0.3, 0.4) is 0 Å². The summed E-state index contributed by atoms with van der Waals surface area (Å²) in [7, 11) is 2.89. The Kier molecular flexibility index (Phi) is 10.6. The number of amides is 3. The lowest BCUT2D eigenvalue weighted by molar-refractivity contribution is -0.148. The van der Waals surface area contributed by atoms with Crippen LogP contribution in [0.25, 0.3) is 22.2 Å². The van der Waals surface area contributed by atoms with Crippen molar-refractivity contribution in [1.82, 2.24) is 20.5 Å². The van der Waals surface area contributed by atoms with Gasteiger partial charge in [0.05, 0.1) is 32.0 Å². The van der Waals surface area contributed by atoms with E-state index >= 15 is 0 Å². The fourth-order valence-corrected chi connectivity index (χ4v) is 6.60. The minimum atomic E-state index is -1.15. The Bertz CT molecular complexity index is 1740. The first kappa shape index (κ1) is 36.4. The first-order valence-electron chi connectivity index (χ1n) is 17.1. The molecule has 5 rings (SSSR count). The number of methoxy groups -OCH3 is 2. The summed E-state index contributed by atoms with van der Waals surface area (Å²) in [5.74, 6) is -0.702. The predicted octanol–water partition coefficient (Wildman–Crippen LogP) is 5.27. The number of hydrogen-bond acceptors (Lipinski definition) is 9. The van der Waals surface area contributed by atoms with E-state index < -0.39 is 53.2 Å². The van der Waals surface area contributed by atoms with Gasteiger partial charge in [-0.1, -0.05) is 57.5 Å². The third-order valence-electron chi connectivity index (χ3n) is 9.29. The molecular formula is C38H48N4O8. The first-order chi connectivity index (χ1) is 23.7. The van der Waals surface area contributed by atoms with Gasteiger partial charge in [-0.05, 0) is 51.2 Å². The molecule has 1 aromatic heterocycles. The quantitative estimate of drug-likeness (QED) is 0.258. The van der Waals surface area contributed by atoms with E-state index in [0.29, 0.717) is 35.6 Å². The van der Waals surface area contributed by atoms with E-state index in [0.717, 1.165) is 10.9 Å². The number of ether oxygens (including phenoxy) is 4. The Morgan fingerprint density at radius 3 is 2.36 bits per heavy atom. The second-order valence-electron chi connectivity index (χ2n) is 14.4. The third kappa shape index (κ3) is 7.79. The largest absolute Gasteiger partial charge is 0.497 e. The van der Waals surface area contributed by atoms with Crippen molar-refractivity contribution in [3.63, 3.8) is 0 Å². The van der Waals surface area contributed by atoms with Crippen molar-refractivity contribution in [3.05, 3.63) is 54.6 Å². The molecule has 50 heavy (non-hydrogen) atoms. The molecule has 268 valence electrons. The number of esters is 1. The predicted molar refractivity (Wildman–Crippen MR) is 188 cm³/mol. The highest BCUT2D eigenvalue weighted by Crippen LogP contribution is 2.47. The molecule has 1 saturated heterocycles. The van der Waals surface area contributed by atoms with E-state index in [-0.39, 0.29) is 24.8 Å². The van der Waals surface area contributed by atoms with Crippen LogP contribution >= 0.6 is 0 Å². The molecule has 3 aromatic rings. The molecule has 1 unspecified atom stereocenters. The number of benzene rings is 2. The lowest BCUT2D eigenvalue weighted by Crippen LogP contribution is -2.57. The van der Waals surface area contributed by atoms with E-state index in [2.05, 4.69) is 10.6 Å². The van der Waals surface area contributed by atoms with Gasteiger partial charge < -0.3 is 34.5 Å². The number of aromatic nitrogens is 1. The lowest BCUT2D eigenvalue weighted by Gasteiger charge is -2.31. The van der Waals surface area contributed by atoms with E-state index in [4.69, 9.17) is 23.9 Å². The van der Waals surface area contributed by atoms with Gasteiger partial charge in [-0.25, -0.2) is 14.6 Å². The van der Waals surface area contributed by atoms with Gasteiger partial charge in [0.1, 0.15) is 40.8 Å². The summed E-state index contributed by atoms with van der Waals surface area (Å²) in [6, 6.07) is 15.1. The zero-order chi connectivity index (χ0) is 36.4. The number of rotatable bonds is 11. The van der Waals surface area contributed by atoms with E-state index in [9.17, 15) is 19.2 Å². The van der Waals surface area contributed by atoms with Gasteiger partial charge in [0.2, 0.25) is 11.8 Å². The second-order valence-corrected chi connectivity index (χ2v) is 14.4. The molecule has 12 nitrogen and oxygen atoms in total. The van der Waals surface area contributed by atoms with Crippen molar-refractivity contribution in [3.8, 4) is 22.8 Å². The van der Waals surface area contributed by atoms with Gasteiger partial charge in [-0.2, -0.15) is 0 Å². The molecule has 2 N–H and O–H groups in total. The summed E-state index contributed by atoms with van der Waals surface area (Å²) >= 11 is 0. The van der Waals surface area contributed by atoms with Crippen molar-refractivity contribution >= 4 is 34.8 Å². The van der Waals surface area contributed by atoms with Crippen molar-refractivity contribution in [2.75, 3.05) is 20.8 Å². The van der Waals surface area contributed by atoms with Crippen molar-refractivity contribution in [2.24, 2.45) is 11.8 Å². The van der Waals surface area contributed by atoms with Gasteiger partial charge in [0, 0.05) is 29.5 Å². The van der Waals surface area contributed by atoms with Crippen LogP contribution in [0.15, 0.2) is 54.6 Å². The summed E-state index contributed by atoms with van der Waals surface area (Å²) in [5, 5.41) is 6.40. The van der Waals surface area contributed by atoms with E-state index in [1.54, 1.807) is 27.9 Å². The molecule has 2 aromatic carbocycles. The molecule has 1 saturated carbocycles. The molecule has 1 aliphatic carbocycles. The zero-order valence-electron chi connectivity index (χ0n) is 30.1. The molecule has 2 aliphatic rings. The summed E-state index contributed by atoms with van der Waals surface area (Å²) in [6.45, 7) is 10.8. The summed E-state index contributed by atoms with van der Waals surface area (Å²) in [5.41, 5.74) is 0.301. The van der Waals surface area contributed by atoms with Gasteiger partial charge >= 0.3 is 12.1 Å². The SMILES string of the molecule is CCC1C[C@]1(NC(=O)[C@@H]1C[C@@H](Oc2cc(-c3ccccc3)nc3cc(OC)ccc23)CN1C(=O)[C@@H](NC(=O)OC(C)(C)C)C(C)C)C(=O)OC. The number of carbonyl (C=O) groups is 4. The molecule has 2 heterocycles. The fourth-order valence-electron chi connectivity index (χ4n) is 6.60. The number of nitrogens with zero attached hydrogens (tertiary/aromatic N) is 2. The monoisotopic (exact) mass is 688 g/mol. The van der Waals surface area contributed by atoms with Crippen LogP contribution in [0.2, 0.25) is 0 Å². The molecular weight excluding hydrogens is 640 g/mol. The standard InChI is InChI=1S/C38H48N4O8/c1-9-24-20-38(24,35(45)48-8)41-33(43)30-18-26(21-42(30)34(44)32(22(2)3)40-36(46)50-37(4,5)6)49-31-19-28(23-13-11-10-12-14-23)39-29-17-25(47-7)15-16-27(29)31/h10-17,19,22,24,26,30,32H,9,18,20-21H2,1-8H3,(H,40,46)(H,41,43)/t24?,26-,30+,32+,38-/m1/s1. The van der Waals surface area contributed by atoms with Crippen molar-refractivity contribution < 1.29 is 38.1 Å². The molecule has 5 atom stereocenters. The molecule has 0 bridgehead atoms. The maximum Gasteiger partial charge on any atom is 0.408 e. The highest BCUT2D eigenvalue weighted by atomic mass is 16.6. The van der Waals surface area contributed by atoms with Gasteiger partial charge in [-0.3, -0.25) is 9.59 Å². The van der Waals surface area contributed by atoms with Crippen molar-refractivity contribution in [1.29, 1.82) is 0 Å². The Hall–Kier alpha value is -4.87. The van der Waals surface area contributed by atoms with Crippen LogP contribution in [0.5, 0.6) is 11.5 Å². The number of hydrogen-bond donors (Lipinski definition) is 2. The highest BCUT2D eigenvalue weighted by molar-refractivity contribution is 5.96. The second kappa shape index (κ2) is 14.5. The van der Waals surface area contributed by atoms with Gasteiger partial charge in [0.25, 0.3) is 0 Å². The van der Waals surface area contributed by atoms with Gasteiger partial charge in [0.15, 0.2) is 0 Å². The summed E-state index contributed by atoms with van der Waals surface area (Å²) in [4.78, 5) is 60.5. The molecule has 12 heteroatoms.